The van der Waals surface area contributed by atoms with Crippen molar-refractivity contribution < 1.29 is 23.2 Å². The second-order valence-corrected chi connectivity index (χ2v) is 6.95. The first-order valence-electron chi connectivity index (χ1n) is 9.83. The predicted octanol–water partition coefficient (Wildman–Crippen LogP) is 2.04. The number of nitrogens with one attached hydrogen (secondary N) is 2. The van der Waals surface area contributed by atoms with Crippen molar-refractivity contribution in [2.24, 2.45) is 5.92 Å². The largest absolute Gasteiger partial charge is 0.357 e. The van der Waals surface area contributed by atoms with Crippen molar-refractivity contribution >= 4 is 17.8 Å². The minimum absolute atomic E-state index is 0.0427. The smallest absolute Gasteiger partial charge is 0.319 e. The topological polar surface area (TPSA) is 81.8 Å². The molecule has 9 heteroatoms. The van der Waals surface area contributed by atoms with Crippen molar-refractivity contribution in [3.63, 3.8) is 0 Å². The molecular formula is C20H28F2N4O3. The molecule has 1 aliphatic heterocycles. The summed E-state index contributed by atoms with van der Waals surface area (Å²) in [6, 6.07) is 1.92. The Kier molecular flexibility index (Phi) is 7.92. The Morgan fingerprint density at radius 2 is 1.76 bits per heavy atom. The van der Waals surface area contributed by atoms with Crippen LogP contribution in [-0.4, -0.2) is 60.9 Å². The summed E-state index contributed by atoms with van der Waals surface area (Å²) >= 11 is 0. The van der Waals surface area contributed by atoms with E-state index < -0.39 is 23.6 Å². The number of urea groups is 1. The van der Waals surface area contributed by atoms with Gasteiger partial charge in [-0.05, 0) is 44.4 Å². The maximum Gasteiger partial charge on any atom is 0.319 e. The quantitative estimate of drug-likeness (QED) is 0.753. The molecule has 7 nitrogen and oxygen atoms in total. The molecule has 0 aliphatic carbocycles. The van der Waals surface area contributed by atoms with E-state index >= 15 is 0 Å². The van der Waals surface area contributed by atoms with Crippen molar-refractivity contribution in [2.45, 2.75) is 32.7 Å². The van der Waals surface area contributed by atoms with Gasteiger partial charge in [0, 0.05) is 39.1 Å². The fourth-order valence-electron chi connectivity index (χ4n) is 3.42. The third-order valence-corrected chi connectivity index (χ3v) is 5.24. The third-order valence-electron chi connectivity index (χ3n) is 5.24. The molecule has 29 heavy (non-hydrogen) atoms. The zero-order valence-corrected chi connectivity index (χ0v) is 17.0. The van der Waals surface area contributed by atoms with E-state index in [0.29, 0.717) is 39.0 Å². The van der Waals surface area contributed by atoms with Gasteiger partial charge in [-0.25, -0.2) is 13.6 Å². The molecule has 1 aliphatic rings. The molecule has 1 aromatic rings. The van der Waals surface area contributed by atoms with Crippen LogP contribution in [0.1, 0.15) is 38.3 Å². The fraction of sp³-hybridized carbons (Fsp3) is 0.550. The van der Waals surface area contributed by atoms with Crippen molar-refractivity contribution in [3.05, 3.63) is 35.4 Å². The lowest BCUT2D eigenvalue weighted by molar-refractivity contribution is -0.132. The number of benzene rings is 1. The van der Waals surface area contributed by atoms with Gasteiger partial charge in [0.05, 0.1) is 0 Å². The molecule has 2 N–H and O–H groups in total. The van der Waals surface area contributed by atoms with Gasteiger partial charge in [-0.3, -0.25) is 9.59 Å². The van der Waals surface area contributed by atoms with Gasteiger partial charge in [-0.1, -0.05) is 6.07 Å². The van der Waals surface area contributed by atoms with Gasteiger partial charge in [0.1, 0.15) is 6.04 Å². The minimum Gasteiger partial charge on any atom is -0.357 e. The van der Waals surface area contributed by atoms with Gasteiger partial charge in [0.15, 0.2) is 11.6 Å². The maximum atomic E-state index is 13.6. The Labute approximate surface area is 169 Å². The summed E-state index contributed by atoms with van der Waals surface area (Å²) in [5, 5.41) is 5.06. The number of hydrogen-bond acceptors (Lipinski definition) is 3. The zero-order valence-electron chi connectivity index (χ0n) is 17.0. The Balaban J connectivity index is 2.03. The third kappa shape index (κ3) is 5.42. The van der Waals surface area contributed by atoms with E-state index in [1.807, 2.05) is 13.8 Å². The summed E-state index contributed by atoms with van der Waals surface area (Å²) < 4.78 is 26.8. The van der Waals surface area contributed by atoms with Crippen molar-refractivity contribution in [1.29, 1.82) is 0 Å². The normalized spacial score (nSPS) is 15.6. The van der Waals surface area contributed by atoms with Gasteiger partial charge in [0.2, 0.25) is 11.8 Å². The molecule has 1 saturated heterocycles. The Morgan fingerprint density at radius 3 is 2.28 bits per heavy atom. The SMILES string of the molecule is CCN(CC)C(=O)N1CCC(C(=O)NC(C(=O)NC)c2ccc(F)c(F)c2)CC1. The number of hydrogen-bond donors (Lipinski definition) is 2. The number of carbonyl (C=O) groups is 3. The second-order valence-electron chi connectivity index (χ2n) is 6.95. The molecule has 0 radical (unpaired) electrons. The molecule has 4 amide bonds. The van der Waals surface area contributed by atoms with Gasteiger partial charge >= 0.3 is 6.03 Å². The van der Waals surface area contributed by atoms with E-state index in [2.05, 4.69) is 10.6 Å². The number of likely N-dealkylation sites (N-methyl/N-ethyl adjacent to an activating group) is 1. The fourth-order valence-corrected chi connectivity index (χ4v) is 3.42. The van der Waals surface area contributed by atoms with E-state index in [1.54, 1.807) is 9.80 Å². The number of likely N-dealkylation sites (tertiary alicyclic amines) is 1. The minimum atomic E-state index is -1.13. The molecule has 0 saturated carbocycles. The van der Waals surface area contributed by atoms with Crippen LogP contribution in [0.4, 0.5) is 13.6 Å². The first-order valence-corrected chi connectivity index (χ1v) is 9.83. The van der Waals surface area contributed by atoms with Crippen LogP contribution in [0.15, 0.2) is 18.2 Å². The highest BCUT2D eigenvalue weighted by atomic mass is 19.2. The molecule has 1 unspecified atom stereocenters. The van der Waals surface area contributed by atoms with Crippen LogP contribution in [0.3, 0.4) is 0 Å². The molecule has 0 aromatic heterocycles. The summed E-state index contributed by atoms with van der Waals surface area (Å²) in [5.41, 5.74) is 0.158. The number of amides is 4. The van der Waals surface area contributed by atoms with Crippen LogP contribution in [0.25, 0.3) is 0 Å². The predicted molar refractivity (Wildman–Crippen MR) is 104 cm³/mol. The second kappa shape index (κ2) is 10.2. The van der Waals surface area contributed by atoms with Crippen LogP contribution in [0.2, 0.25) is 0 Å². The van der Waals surface area contributed by atoms with Crippen molar-refractivity contribution in [1.82, 2.24) is 20.4 Å². The molecule has 0 bridgehead atoms. The van der Waals surface area contributed by atoms with Crippen LogP contribution >= 0.6 is 0 Å². The first kappa shape index (κ1) is 22.6. The molecule has 1 heterocycles. The van der Waals surface area contributed by atoms with Crippen molar-refractivity contribution in [2.75, 3.05) is 33.2 Å². The maximum absolute atomic E-state index is 13.6. The standard InChI is InChI=1S/C20H28F2N4O3/c1-4-25(5-2)20(29)26-10-8-13(9-11-26)18(27)24-17(19(28)23-3)14-6-7-15(21)16(22)12-14/h6-7,12-13,17H,4-5,8-11H2,1-3H3,(H,23,28)(H,24,27). The Bertz CT molecular complexity index is 747. The number of halogens is 2. The number of rotatable bonds is 6. The van der Waals surface area contributed by atoms with E-state index in [9.17, 15) is 23.2 Å². The molecule has 0 spiro atoms. The van der Waals surface area contributed by atoms with Crippen LogP contribution in [-0.2, 0) is 9.59 Å². The summed E-state index contributed by atoms with van der Waals surface area (Å²) in [7, 11) is 1.40. The highest BCUT2D eigenvalue weighted by Crippen LogP contribution is 2.22. The van der Waals surface area contributed by atoms with E-state index in [0.717, 1.165) is 12.1 Å². The van der Waals surface area contributed by atoms with E-state index in [1.165, 1.54) is 13.1 Å². The van der Waals surface area contributed by atoms with Gasteiger partial charge in [0.25, 0.3) is 0 Å². The number of nitrogens with zero attached hydrogens (tertiary/aromatic N) is 2. The zero-order chi connectivity index (χ0) is 21.6. The molecule has 1 atom stereocenters. The van der Waals surface area contributed by atoms with Crippen LogP contribution in [0.5, 0.6) is 0 Å². The Hall–Kier alpha value is -2.71. The first-order chi connectivity index (χ1) is 13.8. The lowest BCUT2D eigenvalue weighted by atomic mass is 9.95. The number of carbonyl (C=O) groups excluding carboxylic acids is 3. The van der Waals surface area contributed by atoms with Crippen molar-refractivity contribution in [3.8, 4) is 0 Å². The molecule has 2 rings (SSSR count). The lowest BCUT2D eigenvalue weighted by Crippen LogP contribution is -2.49. The van der Waals surface area contributed by atoms with E-state index in [-0.39, 0.29) is 23.4 Å². The molecule has 1 fully saturated rings. The summed E-state index contributed by atoms with van der Waals surface area (Å²) in [4.78, 5) is 40.8. The highest BCUT2D eigenvalue weighted by molar-refractivity contribution is 5.89. The average Bonchev–Trinajstić information content (AvgIpc) is 2.74. The van der Waals surface area contributed by atoms with Crippen LogP contribution < -0.4 is 10.6 Å². The Morgan fingerprint density at radius 1 is 1.14 bits per heavy atom. The van der Waals surface area contributed by atoms with Gasteiger partial charge in [-0.15, -0.1) is 0 Å². The van der Waals surface area contributed by atoms with E-state index in [4.69, 9.17) is 0 Å². The van der Waals surface area contributed by atoms with Gasteiger partial charge < -0.3 is 20.4 Å². The average molecular weight is 410 g/mol. The van der Waals surface area contributed by atoms with Crippen LogP contribution in [0, 0.1) is 17.6 Å². The molecule has 160 valence electrons. The summed E-state index contributed by atoms with van der Waals surface area (Å²) in [6.45, 7) is 5.97. The highest BCUT2D eigenvalue weighted by Gasteiger charge is 2.31. The molecular weight excluding hydrogens is 382 g/mol. The molecule has 1 aromatic carbocycles. The monoisotopic (exact) mass is 410 g/mol. The summed E-state index contributed by atoms with van der Waals surface area (Å²) in [6.07, 6.45) is 0.939. The lowest BCUT2D eigenvalue weighted by Gasteiger charge is -2.35. The summed E-state index contributed by atoms with van der Waals surface area (Å²) in [5.74, 6) is -3.36. The van der Waals surface area contributed by atoms with Gasteiger partial charge in [-0.2, -0.15) is 0 Å². The number of piperidine rings is 1.